The Balaban J connectivity index is 2.12. The fourth-order valence-electron chi connectivity index (χ4n) is 2.29. The molecule has 2 rings (SSSR count). The van der Waals surface area contributed by atoms with Gasteiger partial charge in [-0.05, 0) is 36.4 Å². The average Bonchev–Trinajstić information content (AvgIpc) is 2.62. The zero-order valence-electron chi connectivity index (χ0n) is 8.66. The van der Waals surface area contributed by atoms with E-state index in [1.54, 1.807) is 0 Å². The highest BCUT2D eigenvalue weighted by molar-refractivity contribution is 7.71. The van der Waals surface area contributed by atoms with Crippen molar-refractivity contribution in [1.82, 2.24) is 20.2 Å². The summed E-state index contributed by atoms with van der Waals surface area (Å²) in [5.74, 6) is 0.691. The van der Waals surface area contributed by atoms with E-state index in [-0.39, 0.29) is 0 Å². The Morgan fingerprint density at radius 2 is 2.43 bits per heavy atom. The molecule has 0 spiro atoms. The van der Waals surface area contributed by atoms with Crippen LogP contribution in [-0.2, 0) is 6.54 Å². The SMILES string of the molecule is CC1(C)CCCC1Cn1[nH]nnc1=S. The molecule has 0 radical (unpaired) electrons. The van der Waals surface area contributed by atoms with Crippen molar-refractivity contribution in [2.24, 2.45) is 11.3 Å². The van der Waals surface area contributed by atoms with Crippen LogP contribution in [0.15, 0.2) is 0 Å². The summed E-state index contributed by atoms with van der Waals surface area (Å²) in [7, 11) is 0. The number of nitrogens with zero attached hydrogens (tertiary/aromatic N) is 3. The second-order valence-corrected chi connectivity index (χ2v) is 5.14. The van der Waals surface area contributed by atoms with E-state index in [2.05, 4.69) is 29.4 Å². The molecule has 0 amide bonds. The largest absolute Gasteiger partial charge is 0.242 e. The number of hydrogen-bond acceptors (Lipinski definition) is 3. The standard InChI is InChI=1S/C9H16N4S/c1-9(2)5-3-4-7(9)6-13-8(14)10-11-12-13/h7H,3-6H2,1-2H3,(H,10,12,14). The average molecular weight is 212 g/mol. The van der Waals surface area contributed by atoms with Crippen LogP contribution in [-0.4, -0.2) is 20.2 Å². The number of H-pyrrole nitrogens is 1. The third kappa shape index (κ3) is 1.73. The highest BCUT2D eigenvalue weighted by atomic mass is 32.1. The fourth-order valence-corrected chi connectivity index (χ4v) is 2.45. The molecule has 1 unspecified atom stereocenters. The van der Waals surface area contributed by atoms with Crippen molar-refractivity contribution in [3.05, 3.63) is 4.77 Å². The molecule has 1 aromatic heterocycles. The third-order valence-electron chi connectivity index (χ3n) is 3.41. The van der Waals surface area contributed by atoms with Gasteiger partial charge in [-0.25, -0.2) is 4.68 Å². The predicted octanol–water partition coefficient (Wildman–Crippen LogP) is 2.16. The van der Waals surface area contributed by atoms with Gasteiger partial charge in [-0.2, -0.15) is 5.21 Å². The van der Waals surface area contributed by atoms with Crippen LogP contribution in [0.2, 0.25) is 0 Å². The van der Waals surface area contributed by atoms with Crippen molar-refractivity contribution >= 4 is 12.2 Å². The quantitative estimate of drug-likeness (QED) is 0.764. The summed E-state index contributed by atoms with van der Waals surface area (Å²) in [6, 6.07) is 0. The van der Waals surface area contributed by atoms with Gasteiger partial charge in [0.05, 0.1) is 0 Å². The molecule has 1 aliphatic rings. The van der Waals surface area contributed by atoms with Crippen LogP contribution in [0.25, 0.3) is 0 Å². The van der Waals surface area contributed by atoms with Gasteiger partial charge in [0.1, 0.15) is 0 Å². The molecule has 1 aromatic rings. The van der Waals surface area contributed by atoms with Gasteiger partial charge in [0, 0.05) is 6.54 Å². The number of tetrazole rings is 1. The van der Waals surface area contributed by atoms with Crippen LogP contribution in [0.3, 0.4) is 0 Å². The Kier molecular flexibility index (Phi) is 2.43. The molecule has 0 aromatic carbocycles. The van der Waals surface area contributed by atoms with Gasteiger partial charge in [0.25, 0.3) is 0 Å². The van der Waals surface area contributed by atoms with Gasteiger partial charge in [-0.3, -0.25) is 0 Å². The van der Waals surface area contributed by atoms with E-state index in [9.17, 15) is 0 Å². The van der Waals surface area contributed by atoms with E-state index >= 15 is 0 Å². The molecule has 1 atom stereocenters. The van der Waals surface area contributed by atoms with Crippen LogP contribution >= 0.6 is 12.2 Å². The van der Waals surface area contributed by atoms with E-state index in [0.717, 1.165) is 6.54 Å². The molecule has 1 saturated carbocycles. The molecule has 14 heavy (non-hydrogen) atoms. The molecule has 78 valence electrons. The van der Waals surface area contributed by atoms with Crippen molar-refractivity contribution in [3.63, 3.8) is 0 Å². The Morgan fingerprint density at radius 3 is 2.93 bits per heavy atom. The molecule has 1 aliphatic carbocycles. The first-order valence-electron chi connectivity index (χ1n) is 5.07. The first-order valence-corrected chi connectivity index (χ1v) is 5.48. The van der Waals surface area contributed by atoms with Crippen LogP contribution < -0.4 is 0 Å². The van der Waals surface area contributed by atoms with Gasteiger partial charge >= 0.3 is 0 Å². The van der Waals surface area contributed by atoms with E-state index in [4.69, 9.17) is 12.2 Å². The van der Waals surface area contributed by atoms with E-state index in [0.29, 0.717) is 16.1 Å². The van der Waals surface area contributed by atoms with Crippen molar-refractivity contribution in [2.45, 2.75) is 39.7 Å². The first-order chi connectivity index (χ1) is 6.59. The highest BCUT2D eigenvalue weighted by Gasteiger charge is 2.34. The van der Waals surface area contributed by atoms with Crippen LogP contribution in [0.4, 0.5) is 0 Å². The third-order valence-corrected chi connectivity index (χ3v) is 3.72. The second kappa shape index (κ2) is 3.46. The van der Waals surface area contributed by atoms with Crippen LogP contribution in [0, 0.1) is 16.1 Å². The first kappa shape index (κ1) is 9.83. The molecule has 5 heteroatoms. The molecule has 0 saturated heterocycles. The van der Waals surface area contributed by atoms with Gasteiger partial charge in [0.2, 0.25) is 4.77 Å². The lowest BCUT2D eigenvalue weighted by molar-refractivity contribution is 0.223. The molecule has 1 heterocycles. The van der Waals surface area contributed by atoms with Gasteiger partial charge in [0.15, 0.2) is 0 Å². The Bertz CT molecular complexity index is 365. The number of aromatic nitrogens is 4. The lowest BCUT2D eigenvalue weighted by Crippen LogP contribution is -2.23. The Morgan fingerprint density at radius 1 is 1.64 bits per heavy atom. The van der Waals surface area contributed by atoms with Gasteiger partial charge in [-0.15, -0.1) is 0 Å². The monoisotopic (exact) mass is 212 g/mol. The Labute approximate surface area is 88.7 Å². The van der Waals surface area contributed by atoms with E-state index in [1.165, 1.54) is 19.3 Å². The zero-order valence-corrected chi connectivity index (χ0v) is 9.47. The van der Waals surface area contributed by atoms with Crippen molar-refractivity contribution in [1.29, 1.82) is 0 Å². The van der Waals surface area contributed by atoms with Crippen LogP contribution in [0.5, 0.6) is 0 Å². The van der Waals surface area contributed by atoms with Crippen molar-refractivity contribution < 1.29 is 0 Å². The summed E-state index contributed by atoms with van der Waals surface area (Å²) in [5, 5.41) is 10.3. The van der Waals surface area contributed by atoms with E-state index in [1.807, 2.05) is 4.68 Å². The molecule has 0 bridgehead atoms. The summed E-state index contributed by atoms with van der Waals surface area (Å²) in [6.45, 7) is 5.59. The van der Waals surface area contributed by atoms with Gasteiger partial charge < -0.3 is 0 Å². The fraction of sp³-hybridized carbons (Fsp3) is 0.889. The number of hydrogen-bond donors (Lipinski definition) is 1. The highest BCUT2D eigenvalue weighted by Crippen LogP contribution is 2.43. The Hall–Kier alpha value is -0.710. The van der Waals surface area contributed by atoms with E-state index < -0.39 is 0 Å². The normalized spacial score (nSPS) is 25.4. The molecule has 1 N–H and O–H groups in total. The molecule has 1 fully saturated rings. The maximum atomic E-state index is 5.05. The maximum Gasteiger partial charge on any atom is 0.238 e. The molecular formula is C9H16N4S. The topological polar surface area (TPSA) is 46.5 Å². The second-order valence-electron chi connectivity index (χ2n) is 4.77. The number of aromatic amines is 1. The summed E-state index contributed by atoms with van der Waals surface area (Å²) >= 11 is 5.05. The minimum atomic E-state index is 0.430. The molecule has 4 nitrogen and oxygen atoms in total. The van der Waals surface area contributed by atoms with Crippen molar-refractivity contribution in [2.75, 3.05) is 0 Å². The summed E-state index contributed by atoms with van der Waals surface area (Å²) in [4.78, 5) is 0. The lowest BCUT2D eigenvalue weighted by atomic mass is 9.82. The molecule has 0 aliphatic heterocycles. The lowest BCUT2D eigenvalue weighted by Gasteiger charge is -2.26. The van der Waals surface area contributed by atoms with Crippen LogP contribution in [0.1, 0.15) is 33.1 Å². The maximum absolute atomic E-state index is 5.05. The summed E-state index contributed by atoms with van der Waals surface area (Å²) in [6.07, 6.45) is 3.92. The zero-order chi connectivity index (χ0) is 10.2. The summed E-state index contributed by atoms with van der Waals surface area (Å²) < 4.78 is 2.43. The minimum absolute atomic E-state index is 0.430. The number of rotatable bonds is 2. The minimum Gasteiger partial charge on any atom is -0.242 e. The smallest absolute Gasteiger partial charge is 0.238 e. The molecular weight excluding hydrogens is 196 g/mol. The summed E-state index contributed by atoms with van der Waals surface area (Å²) in [5.41, 5.74) is 0.430. The number of nitrogens with one attached hydrogen (secondary N) is 1. The van der Waals surface area contributed by atoms with Crippen molar-refractivity contribution in [3.8, 4) is 0 Å². The van der Waals surface area contributed by atoms with Gasteiger partial charge in [-0.1, -0.05) is 30.6 Å². The predicted molar refractivity (Wildman–Crippen MR) is 56.3 cm³/mol.